The van der Waals surface area contributed by atoms with Gasteiger partial charge in [0.15, 0.2) is 0 Å². The Kier molecular flexibility index (Phi) is 4.45. The molecule has 0 aliphatic carbocycles. The topological polar surface area (TPSA) is 47.9 Å². The summed E-state index contributed by atoms with van der Waals surface area (Å²) < 4.78 is 16.6. The minimum Gasteiger partial charge on any atom is -0.397 e. The SMILES string of the molecule is OC(Oc1ccccc1)(Oc1ccccc1)Oc1ccccc1. The van der Waals surface area contributed by atoms with Crippen molar-refractivity contribution in [3.63, 3.8) is 0 Å². The van der Waals surface area contributed by atoms with Crippen LogP contribution < -0.4 is 14.2 Å². The third-order valence-electron chi connectivity index (χ3n) is 2.97. The number of hydrogen-bond donors (Lipinski definition) is 1. The van der Waals surface area contributed by atoms with Crippen molar-refractivity contribution in [2.45, 2.75) is 6.16 Å². The van der Waals surface area contributed by atoms with Crippen LogP contribution >= 0.6 is 0 Å². The van der Waals surface area contributed by atoms with Crippen LogP contribution in [0.15, 0.2) is 91.0 Å². The van der Waals surface area contributed by atoms with E-state index in [9.17, 15) is 5.11 Å². The smallest absolute Gasteiger partial charge is 0.397 e. The Morgan fingerprint density at radius 3 is 1.00 bits per heavy atom. The summed E-state index contributed by atoms with van der Waals surface area (Å²) in [7, 11) is 0. The first kappa shape index (κ1) is 14.9. The van der Waals surface area contributed by atoms with Gasteiger partial charge >= 0.3 is 6.16 Å². The average Bonchev–Trinajstić information content (AvgIpc) is 2.57. The van der Waals surface area contributed by atoms with Gasteiger partial charge in [-0.25, -0.2) is 0 Å². The fraction of sp³-hybridized carbons (Fsp3) is 0.0526. The normalized spacial score (nSPS) is 10.8. The number of aliphatic hydroxyl groups is 1. The molecule has 116 valence electrons. The summed E-state index contributed by atoms with van der Waals surface area (Å²) >= 11 is 0. The van der Waals surface area contributed by atoms with Crippen molar-refractivity contribution in [3.8, 4) is 17.2 Å². The molecule has 0 atom stereocenters. The second kappa shape index (κ2) is 6.85. The standard InChI is InChI=1S/C19H16O4/c20-19(21-16-10-4-1-5-11-16,22-17-12-6-2-7-13-17)23-18-14-8-3-9-15-18/h1-15,20H. The van der Waals surface area contributed by atoms with Crippen LogP contribution in [0.1, 0.15) is 0 Å². The van der Waals surface area contributed by atoms with E-state index in [4.69, 9.17) is 14.2 Å². The summed E-state index contributed by atoms with van der Waals surface area (Å²) in [6, 6.07) is 26.5. The molecule has 0 bridgehead atoms. The molecule has 0 heterocycles. The largest absolute Gasteiger partial charge is 0.557 e. The van der Waals surface area contributed by atoms with Crippen LogP contribution in [-0.4, -0.2) is 11.3 Å². The molecule has 3 aromatic carbocycles. The number of ether oxygens (including phenoxy) is 3. The summed E-state index contributed by atoms with van der Waals surface area (Å²) in [4.78, 5) is 0. The van der Waals surface area contributed by atoms with Crippen molar-refractivity contribution in [2.75, 3.05) is 0 Å². The minimum absolute atomic E-state index is 0.418. The van der Waals surface area contributed by atoms with E-state index in [1.54, 1.807) is 72.8 Å². The zero-order chi connectivity index (χ0) is 16.0. The van der Waals surface area contributed by atoms with E-state index >= 15 is 0 Å². The van der Waals surface area contributed by atoms with Crippen LogP contribution in [0, 0.1) is 0 Å². The Hall–Kier alpha value is -2.98. The van der Waals surface area contributed by atoms with Gasteiger partial charge in [-0.05, 0) is 36.4 Å². The molecule has 0 unspecified atom stereocenters. The minimum atomic E-state index is -2.29. The second-order valence-corrected chi connectivity index (χ2v) is 4.77. The monoisotopic (exact) mass is 308 g/mol. The summed E-state index contributed by atoms with van der Waals surface area (Å²) in [5.41, 5.74) is 0. The Balaban J connectivity index is 1.85. The maximum atomic E-state index is 10.7. The van der Waals surface area contributed by atoms with E-state index in [2.05, 4.69) is 0 Å². The lowest BCUT2D eigenvalue weighted by Gasteiger charge is -2.28. The molecule has 0 saturated heterocycles. The lowest BCUT2D eigenvalue weighted by Crippen LogP contribution is -2.48. The first-order valence-electron chi connectivity index (χ1n) is 7.18. The lowest BCUT2D eigenvalue weighted by molar-refractivity contribution is -0.384. The summed E-state index contributed by atoms with van der Waals surface area (Å²) in [6.07, 6.45) is -2.29. The van der Waals surface area contributed by atoms with Crippen LogP contribution in [0.3, 0.4) is 0 Å². The highest BCUT2D eigenvalue weighted by molar-refractivity contribution is 5.25. The third kappa shape index (κ3) is 4.25. The number of para-hydroxylation sites is 3. The van der Waals surface area contributed by atoms with Crippen LogP contribution in [0.25, 0.3) is 0 Å². The van der Waals surface area contributed by atoms with Gasteiger partial charge in [-0.2, -0.15) is 0 Å². The molecule has 0 fully saturated rings. The molecule has 0 radical (unpaired) electrons. The van der Waals surface area contributed by atoms with Crippen LogP contribution in [0.2, 0.25) is 0 Å². The van der Waals surface area contributed by atoms with Gasteiger partial charge in [-0.15, -0.1) is 0 Å². The fourth-order valence-electron chi connectivity index (χ4n) is 1.97. The summed E-state index contributed by atoms with van der Waals surface area (Å²) in [5.74, 6) is 1.26. The van der Waals surface area contributed by atoms with Gasteiger partial charge in [0, 0.05) is 0 Å². The highest BCUT2D eigenvalue weighted by Gasteiger charge is 2.36. The maximum Gasteiger partial charge on any atom is 0.557 e. The molecule has 3 aromatic rings. The second-order valence-electron chi connectivity index (χ2n) is 4.77. The van der Waals surface area contributed by atoms with Gasteiger partial charge in [-0.3, -0.25) is 5.11 Å². The quantitative estimate of drug-likeness (QED) is 0.703. The molecule has 0 spiro atoms. The molecule has 4 heteroatoms. The van der Waals surface area contributed by atoms with Crippen molar-refractivity contribution in [2.24, 2.45) is 0 Å². The van der Waals surface area contributed by atoms with Crippen molar-refractivity contribution < 1.29 is 19.3 Å². The van der Waals surface area contributed by atoms with E-state index in [0.29, 0.717) is 17.2 Å². The first-order chi connectivity index (χ1) is 11.2. The van der Waals surface area contributed by atoms with Crippen molar-refractivity contribution in [1.82, 2.24) is 0 Å². The molecule has 23 heavy (non-hydrogen) atoms. The van der Waals surface area contributed by atoms with Crippen LogP contribution in [0.4, 0.5) is 0 Å². The van der Waals surface area contributed by atoms with E-state index in [1.807, 2.05) is 18.2 Å². The molecule has 0 aromatic heterocycles. The fourth-order valence-corrected chi connectivity index (χ4v) is 1.97. The first-order valence-corrected chi connectivity index (χ1v) is 7.18. The van der Waals surface area contributed by atoms with Gasteiger partial charge in [0.05, 0.1) is 0 Å². The summed E-state index contributed by atoms with van der Waals surface area (Å²) in [5, 5.41) is 10.7. The van der Waals surface area contributed by atoms with Crippen molar-refractivity contribution in [1.29, 1.82) is 0 Å². The van der Waals surface area contributed by atoms with Gasteiger partial charge < -0.3 is 14.2 Å². The Morgan fingerprint density at radius 1 is 0.478 bits per heavy atom. The number of rotatable bonds is 6. The van der Waals surface area contributed by atoms with Gasteiger partial charge in [-0.1, -0.05) is 54.6 Å². The summed E-state index contributed by atoms with van der Waals surface area (Å²) in [6.45, 7) is 0. The van der Waals surface area contributed by atoms with Crippen LogP contribution in [0.5, 0.6) is 17.2 Å². The molecule has 0 aliphatic heterocycles. The maximum absolute atomic E-state index is 10.7. The molecule has 1 N–H and O–H groups in total. The molecular formula is C19H16O4. The van der Waals surface area contributed by atoms with Crippen LogP contribution in [-0.2, 0) is 0 Å². The zero-order valence-corrected chi connectivity index (χ0v) is 12.3. The zero-order valence-electron chi connectivity index (χ0n) is 12.3. The molecular weight excluding hydrogens is 292 g/mol. The van der Waals surface area contributed by atoms with Crippen molar-refractivity contribution in [3.05, 3.63) is 91.0 Å². The molecule has 0 saturated carbocycles. The van der Waals surface area contributed by atoms with Gasteiger partial charge in [0.25, 0.3) is 0 Å². The molecule has 0 amide bonds. The number of benzene rings is 3. The highest BCUT2D eigenvalue weighted by Crippen LogP contribution is 2.24. The predicted molar refractivity (Wildman–Crippen MR) is 86.2 cm³/mol. The Bertz CT molecular complexity index is 613. The molecule has 3 rings (SSSR count). The predicted octanol–water partition coefficient (Wildman–Crippen LogP) is 3.83. The Morgan fingerprint density at radius 2 is 0.739 bits per heavy atom. The van der Waals surface area contributed by atoms with Gasteiger partial charge in [0.1, 0.15) is 17.2 Å². The van der Waals surface area contributed by atoms with Crippen molar-refractivity contribution >= 4 is 0 Å². The lowest BCUT2D eigenvalue weighted by atomic mass is 10.3. The third-order valence-corrected chi connectivity index (χ3v) is 2.97. The van der Waals surface area contributed by atoms with E-state index < -0.39 is 6.16 Å². The number of hydrogen-bond acceptors (Lipinski definition) is 4. The molecule has 0 aliphatic rings. The average molecular weight is 308 g/mol. The highest BCUT2D eigenvalue weighted by atomic mass is 17.0. The van der Waals surface area contributed by atoms with E-state index in [0.717, 1.165) is 0 Å². The van der Waals surface area contributed by atoms with E-state index in [1.165, 1.54) is 0 Å². The Labute approximate surface area is 134 Å². The van der Waals surface area contributed by atoms with Gasteiger partial charge in [0.2, 0.25) is 0 Å². The molecule has 4 nitrogen and oxygen atoms in total. The van der Waals surface area contributed by atoms with E-state index in [-0.39, 0.29) is 0 Å².